The molecule has 0 amide bonds. The number of rotatable bonds is 3. The molecule has 2 rings (SSSR count). The van der Waals surface area contributed by atoms with Crippen LogP contribution in [0.15, 0.2) is 0 Å². The van der Waals surface area contributed by atoms with Crippen LogP contribution in [0.1, 0.15) is 19.3 Å². The molecule has 0 bridgehead atoms. The van der Waals surface area contributed by atoms with Gasteiger partial charge in [-0.15, -0.1) is 0 Å². The van der Waals surface area contributed by atoms with Gasteiger partial charge in [-0.25, -0.2) is 0 Å². The number of fused-ring (bicyclic) bond motifs is 1. The van der Waals surface area contributed by atoms with Gasteiger partial charge < -0.3 is 5.32 Å². The Kier molecular flexibility index (Phi) is 3.79. The van der Waals surface area contributed by atoms with Gasteiger partial charge in [-0.3, -0.25) is 9.80 Å². The summed E-state index contributed by atoms with van der Waals surface area (Å²) in [5, 5.41) is 3.23. The van der Waals surface area contributed by atoms with Crippen molar-refractivity contribution in [3.63, 3.8) is 0 Å². The van der Waals surface area contributed by atoms with E-state index in [9.17, 15) is 0 Å². The van der Waals surface area contributed by atoms with E-state index in [1.807, 2.05) is 7.05 Å². The molecule has 0 aromatic carbocycles. The van der Waals surface area contributed by atoms with Gasteiger partial charge in [-0.2, -0.15) is 0 Å². The molecule has 82 valence electrons. The monoisotopic (exact) mass is 197 g/mol. The van der Waals surface area contributed by atoms with E-state index >= 15 is 0 Å². The lowest BCUT2D eigenvalue weighted by Gasteiger charge is -2.44. The largest absolute Gasteiger partial charge is 0.318 e. The van der Waals surface area contributed by atoms with Crippen molar-refractivity contribution in [3.8, 4) is 0 Å². The molecule has 1 unspecified atom stereocenters. The average Bonchev–Trinajstić information content (AvgIpc) is 2.26. The summed E-state index contributed by atoms with van der Waals surface area (Å²) < 4.78 is 0. The molecule has 0 aromatic rings. The van der Waals surface area contributed by atoms with Crippen LogP contribution in [0.2, 0.25) is 0 Å². The topological polar surface area (TPSA) is 18.5 Å². The molecule has 3 heteroatoms. The second-order valence-corrected chi connectivity index (χ2v) is 4.59. The molecule has 0 saturated carbocycles. The van der Waals surface area contributed by atoms with E-state index in [0.717, 1.165) is 12.6 Å². The standard InChI is InChI=1S/C11H23N3/c1-12-5-7-13-8-9-14-6-3-2-4-11(14)10-13/h11-12H,2-10H2,1H3. The number of nitrogens with one attached hydrogen (secondary N) is 1. The molecule has 0 spiro atoms. The molecule has 2 fully saturated rings. The fourth-order valence-corrected chi connectivity index (χ4v) is 2.69. The maximum absolute atomic E-state index is 3.23. The summed E-state index contributed by atoms with van der Waals surface area (Å²) in [5.41, 5.74) is 0. The predicted molar refractivity (Wildman–Crippen MR) is 59.6 cm³/mol. The Morgan fingerprint density at radius 2 is 2.14 bits per heavy atom. The Labute approximate surface area is 87.4 Å². The van der Waals surface area contributed by atoms with Crippen LogP contribution < -0.4 is 5.32 Å². The van der Waals surface area contributed by atoms with Crippen molar-refractivity contribution in [2.75, 3.05) is 46.3 Å². The van der Waals surface area contributed by atoms with E-state index in [2.05, 4.69) is 15.1 Å². The van der Waals surface area contributed by atoms with Crippen LogP contribution in [0, 0.1) is 0 Å². The predicted octanol–water partition coefficient (Wildman–Crippen LogP) is 0.376. The van der Waals surface area contributed by atoms with Crippen LogP contribution >= 0.6 is 0 Å². The zero-order chi connectivity index (χ0) is 9.80. The first kappa shape index (κ1) is 10.4. The fourth-order valence-electron chi connectivity index (χ4n) is 2.69. The molecule has 2 aliphatic rings. The van der Waals surface area contributed by atoms with Gasteiger partial charge in [0.2, 0.25) is 0 Å². The summed E-state index contributed by atoms with van der Waals surface area (Å²) in [5.74, 6) is 0. The third kappa shape index (κ3) is 2.47. The van der Waals surface area contributed by atoms with Gasteiger partial charge in [0.15, 0.2) is 0 Å². The zero-order valence-electron chi connectivity index (χ0n) is 9.34. The summed E-state index contributed by atoms with van der Waals surface area (Å²) in [4.78, 5) is 5.31. The van der Waals surface area contributed by atoms with Crippen LogP contribution in [0.5, 0.6) is 0 Å². The first-order valence-electron chi connectivity index (χ1n) is 6.01. The number of hydrogen-bond donors (Lipinski definition) is 1. The summed E-state index contributed by atoms with van der Waals surface area (Å²) in [6.45, 7) is 7.59. The first-order chi connectivity index (χ1) is 6.90. The van der Waals surface area contributed by atoms with Gasteiger partial charge in [-0.05, 0) is 26.4 Å². The maximum atomic E-state index is 3.23. The Balaban J connectivity index is 1.77. The minimum absolute atomic E-state index is 0.870. The third-order valence-corrected chi connectivity index (χ3v) is 3.60. The van der Waals surface area contributed by atoms with Gasteiger partial charge >= 0.3 is 0 Å². The number of hydrogen-bond acceptors (Lipinski definition) is 3. The van der Waals surface area contributed by atoms with Gasteiger partial charge in [0, 0.05) is 38.8 Å². The van der Waals surface area contributed by atoms with E-state index in [0.29, 0.717) is 0 Å². The van der Waals surface area contributed by atoms with E-state index in [-0.39, 0.29) is 0 Å². The van der Waals surface area contributed by atoms with E-state index in [4.69, 9.17) is 0 Å². The van der Waals surface area contributed by atoms with Crippen molar-refractivity contribution in [1.82, 2.24) is 15.1 Å². The summed E-state index contributed by atoms with van der Waals surface area (Å²) in [6, 6.07) is 0.870. The Morgan fingerprint density at radius 3 is 3.00 bits per heavy atom. The smallest absolute Gasteiger partial charge is 0.0223 e. The molecular weight excluding hydrogens is 174 g/mol. The van der Waals surface area contributed by atoms with Crippen molar-refractivity contribution >= 4 is 0 Å². The molecule has 1 atom stereocenters. The number of nitrogens with zero attached hydrogens (tertiary/aromatic N) is 2. The molecular formula is C11H23N3. The third-order valence-electron chi connectivity index (χ3n) is 3.60. The molecule has 0 radical (unpaired) electrons. The molecule has 14 heavy (non-hydrogen) atoms. The Bertz CT molecular complexity index is 172. The van der Waals surface area contributed by atoms with Crippen molar-refractivity contribution < 1.29 is 0 Å². The molecule has 2 saturated heterocycles. The average molecular weight is 197 g/mol. The summed E-state index contributed by atoms with van der Waals surface area (Å²) in [6.07, 6.45) is 4.30. The minimum atomic E-state index is 0.870. The maximum Gasteiger partial charge on any atom is 0.0223 e. The molecule has 0 aromatic heterocycles. The molecule has 2 heterocycles. The highest BCUT2D eigenvalue weighted by Crippen LogP contribution is 2.20. The minimum Gasteiger partial charge on any atom is -0.318 e. The van der Waals surface area contributed by atoms with Crippen LogP contribution in [0.4, 0.5) is 0 Å². The van der Waals surface area contributed by atoms with Gasteiger partial charge in [-0.1, -0.05) is 6.42 Å². The van der Waals surface area contributed by atoms with Crippen molar-refractivity contribution in [3.05, 3.63) is 0 Å². The number of piperidine rings is 1. The van der Waals surface area contributed by atoms with E-state index < -0.39 is 0 Å². The molecule has 0 aliphatic carbocycles. The summed E-state index contributed by atoms with van der Waals surface area (Å²) >= 11 is 0. The molecule has 2 aliphatic heterocycles. The lowest BCUT2D eigenvalue weighted by Crippen LogP contribution is -2.55. The van der Waals surface area contributed by atoms with E-state index in [1.165, 1.54) is 52.0 Å². The Morgan fingerprint density at radius 1 is 1.21 bits per heavy atom. The highest BCUT2D eigenvalue weighted by molar-refractivity contribution is 4.84. The van der Waals surface area contributed by atoms with E-state index in [1.54, 1.807) is 0 Å². The van der Waals surface area contributed by atoms with Gasteiger partial charge in [0.05, 0.1) is 0 Å². The van der Waals surface area contributed by atoms with Gasteiger partial charge in [0.1, 0.15) is 0 Å². The number of likely N-dealkylation sites (N-methyl/N-ethyl adjacent to an activating group) is 1. The highest BCUT2D eigenvalue weighted by atomic mass is 15.3. The SMILES string of the molecule is CNCCN1CCN2CCCCC2C1. The van der Waals surface area contributed by atoms with Crippen molar-refractivity contribution in [2.45, 2.75) is 25.3 Å². The van der Waals surface area contributed by atoms with Crippen molar-refractivity contribution in [1.29, 1.82) is 0 Å². The second kappa shape index (κ2) is 5.10. The highest BCUT2D eigenvalue weighted by Gasteiger charge is 2.28. The number of piperazine rings is 1. The molecule has 3 nitrogen and oxygen atoms in total. The Hall–Kier alpha value is -0.120. The first-order valence-corrected chi connectivity index (χ1v) is 6.01. The lowest BCUT2D eigenvalue weighted by molar-refractivity contribution is 0.0502. The normalized spacial score (nSPS) is 30.2. The quantitative estimate of drug-likeness (QED) is 0.705. The van der Waals surface area contributed by atoms with Crippen LogP contribution in [0.25, 0.3) is 0 Å². The fraction of sp³-hybridized carbons (Fsp3) is 1.00. The van der Waals surface area contributed by atoms with Crippen LogP contribution in [-0.4, -0.2) is 62.2 Å². The molecule has 1 N–H and O–H groups in total. The van der Waals surface area contributed by atoms with Crippen LogP contribution in [0.3, 0.4) is 0 Å². The van der Waals surface area contributed by atoms with Crippen molar-refractivity contribution in [2.24, 2.45) is 0 Å². The second-order valence-electron chi connectivity index (χ2n) is 4.59. The zero-order valence-corrected chi connectivity index (χ0v) is 9.34. The summed E-state index contributed by atoms with van der Waals surface area (Å²) in [7, 11) is 2.04. The van der Waals surface area contributed by atoms with Crippen LogP contribution in [-0.2, 0) is 0 Å². The lowest BCUT2D eigenvalue weighted by atomic mass is 9.99. The van der Waals surface area contributed by atoms with Gasteiger partial charge in [0.25, 0.3) is 0 Å².